The van der Waals surface area contributed by atoms with Crippen molar-refractivity contribution in [1.82, 2.24) is 30.4 Å². The Balaban J connectivity index is 1.19. The van der Waals surface area contributed by atoms with E-state index in [9.17, 15) is 9.59 Å². The minimum Gasteiger partial charge on any atom is -0.459 e. The third-order valence-electron chi connectivity index (χ3n) is 6.33. The quantitative estimate of drug-likeness (QED) is 0.387. The summed E-state index contributed by atoms with van der Waals surface area (Å²) in [5.74, 6) is -0.792. The number of benzene rings is 1. The second-order valence-electron chi connectivity index (χ2n) is 11.0. The van der Waals surface area contributed by atoms with E-state index < -0.39 is 23.6 Å². The van der Waals surface area contributed by atoms with Gasteiger partial charge in [0, 0.05) is 30.1 Å². The first-order valence-electron chi connectivity index (χ1n) is 13.2. The van der Waals surface area contributed by atoms with Crippen LogP contribution < -0.4 is 10.4 Å². The Morgan fingerprint density at radius 3 is 2.78 bits per heavy atom. The SMILES string of the molecule is CN(CC(=O)OC(C)(C)C)C[C@@H]1C=C(c2ccc(-c3ccc(N4C[C@H](Cn5ccnn5)OC4=O)cc3F)cn2)NO1. The molecule has 0 saturated carbocycles. The highest BCUT2D eigenvalue weighted by atomic mass is 19.1. The molecule has 12 nitrogen and oxygen atoms in total. The molecule has 2 aromatic heterocycles. The standard InChI is InChI=1S/C28H32FN7O5/c1-28(2,3)40-26(37)17-34(4)14-20-12-25(32-41-20)24-8-5-18(13-30-24)22-7-6-19(11-23(22)29)36-16-21(39-27(36)38)15-35-10-9-31-33-35/h5-13,20-21,32H,14-17H2,1-4H3/t20-,21-/m0/s1. The van der Waals surface area contributed by atoms with Gasteiger partial charge in [0.15, 0.2) is 0 Å². The second-order valence-corrected chi connectivity index (χ2v) is 11.0. The molecule has 1 amide bonds. The molecule has 2 atom stereocenters. The van der Waals surface area contributed by atoms with E-state index in [2.05, 4.69) is 20.8 Å². The molecular weight excluding hydrogens is 533 g/mol. The average molecular weight is 566 g/mol. The monoisotopic (exact) mass is 565 g/mol. The van der Waals surface area contributed by atoms with Crippen LogP contribution in [0, 0.1) is 5.82 Å². The molecular formula is C28H32FN7O5. The lowest BCUT2D eigenvalue weighted by atomic mass is 10.1. The molecule has 3 aromatic rings. The van der Waals surface area contributed by atoms with Gasteiger partial charge in [-0.25, -0.2) is 13.9 Å². The summed E-state index contributed by atoms with van der Waals surface area (Å²) in [4.78, 5) is 37.8. The van der Waals surface area contributed by atoms with Crippen molar-refractivity contribution >= 4 is 23.4 Å². The summed E-state index contributed by atoms with van der Waals surface area (Å²) in [6.07, 6.45) is 5.44. The third kappa shape index (κ3) is 7.05. The molecule has 0 spiro atoms. The van der Waals surface area contributed by atoms with Crippen molar-refractivity contribution < 1.29 is 28.3 Å². The number of amides is 1. The summed E-state index contributed by atoms with van der Waals surface area (Å²) < 4.78 is 27.5. The Morgan fingerprint density at radius 1 is 1.27 bits per heavy atom. The zero-order valence-electron chi connectivity index (χ0n) is 23.3. The minimum absolute atomic E-state index is 0.139. The van der Waals surface area contributed by atoms with Crippen molar-refractivity contribution in [2.75, 3.05) is 31.6 Å². The number of hydrogen-bond donors (Lipinski definition) is 1. The van der Waals surface area contributed by atoms with Crippen LogP contribution in [-0.4, -0.2) is 81.4 Å². The summed E-state index contributed by atoms with van der Waals surface area (Å²) in [6, 6.07) is 8.15. The van der Waals surface area contributed by atoms with Crippen LogP contribution in [0.25, 0.3) is 16.8 Å². The molecule has 1 saturated heterocycles. The van der Waals surface area contributed by atoms with E-state index in [-0.39, 0.29) is 25.2 Å². The van der Waals surface area contributed by atoms with E-state index in [4.69, 9.17) is 14.3 Å². The lowest BCUT2D eigenvalue weighted by Gasteiger charge is -2.23. The fraction of sp³-hybridized carbons (Fsp3) is 0.393. The Hall–Kier alpha value is -4.36. The summed E-state index contributed by atoms with van der Waals surface area (Å²) >= 11 is 0. The highest BCUT2D eigenvalue weighted by Gasteiger charge is 2.33. The summed E-state index contributed by atoms with van der Waals surface area (Å²) in [7, 11) is 1.82. The minimum atomic E-state index is -0.540. The van der Waals surface area contributed by atoms with Crippen molar-refractivity contribution in [2.45, 2.75) is 45.1 Å². The number of hydrogen-bond acceptors (Lipinski definition) is 10. The van der Waals surface area contributed by atoms with Gasteiger partial charge in [-0.1, -0.05) is 11.3 Å². The number of aromatic nitrogens is 4. The van der Waals surface area contributed by atoms with Gasteiger partial charge in [0.25, 0.3) is 0 Å². The first-order valence-corrected chi connectivity index (χ1v) is 13.2. The molecule has 41 heavy (non-hydrogen) atoms. The van der Waals surface area contributed by atoms with Gasteiger partial charge < -0.3 is 9.47 Å². The number of carbonyl (C=O) groups is 2. The van der Waals surface area contributed by atoms with Crippen molar-refractivity contribution in [3.8, 4) is 11.1 Å². The van der Waals surface area contributed by atoms with Crippen molar-refractivity contribution in [1.29, 1.82) is 0 Å². The summed E-state index contributed by atoms with van der Waals surface area (Å²) in [6.45, 7) is 6.73. The number of nitrogens with one attached hydrogen (secondary N) is 1. The normalized spacial score (nSPS) is 18.8. The van der Waals surface area contributed by atoms with Crippen molar-refractivity contribution in [3.63, 3.8) is 0 Å². The molecule has 1 aromatic carbocycles. The van der Waals surface area contributed by atoms with E-state index in [1.54, 1.807) is 47.5 Å². The Morgan fingerprint density at radius 2 is 2.10 bits per heavy atom. The van der Waals surface area contributed by atoms with Crippen LogP contribution >= 0.6 is 0 Å². The van der Waals surface area contributed by atoms with Gasteiger partial charge in [-0.3, -0.25) is 29.9 Å². The van der Waals surface area contributed by atoms with Crippen molar-refractivity contribution in [2.24, 2.45) is 0 Å². The zero-order chi connectivity index (χ0) is 29.1. The largest absolute Gasteiger partial charge is 0.459 e. The lowest BCUT2D eigenvalue weighted by molar-refractivity contribution is -0.156. The van der Waals surface area contributed by atoms with E-state index in [0.29, 0.717) is 41.3 Å². The Bertz CT molecular complexity index is 1420. The van der Waals surface area contributed by atoms with Crippen molar-refractivity contribution in [3.05, 3.63) is 66.5 Å². The van der Waals surface area contributed by atoms with Crippen LogP contribution in [0.3, 0.4) is 0 Å². The number of ether oxygens (including phenoxy) is 2. The number of halogens is 1. The number of anilines is 1. The van der Waals surface area contributed by atoms with Gasteiger partial charge in [0.1, 0.15) is 23.6 Å². The molecule has 2 aliphatic rings. The molecule has 2 aliphatic heterocycles. The van der Waals surface area contributed by atoms with Crippen LogP contribution in [0.1, 0.15) is 26.5 Å². The molecule has 0 aliphatic carbocycles. The fourth-order valence-corrected chi connectivity index (χ4v) is 4.57. The number of rotatable bonds is 9. The van der Waals surface area contributed by atoms with Crippen LogP contribution in [-0.2, 0) is 25.7 Å². The topological polar surface area (TPSA) is 124 Å². The van der Waals surface area contributed by atoms with Crippen LogP contribution in [0.4, 0.5) is 14.9 Å². The number of likely N-dealkylation sites (N-methyl/N-ethyl adjacent to an activating group) is 1. The maximum Gasteiger partial charge on any atom is 0.414 e. The zero-order valence-corrected chi connectivity index (χ0v) is 23.3. The first kappa shape index (κ1) is 28.2. The fourth-order valence-electron chi connectivity index (χ4n) is 4.57. The third-order valence-corrected chi connectivity index (χ3v) is 6.33. The molecule has 216 valence electrons. The van der Waals surface area contributed by atoms with E-state index in [0.717, 1.165) is 0 Å². The predicted molar refractivity (Wildman–Crippen MR) is 147 cm³/mol. The molecule has 13 heteroatoms. The number of hydroxylamine groups is 1. The maximum atomic E-state index is 15.2. The Kier molecular flexibility index (Phi) is 7.99. The predicted octanol–water partition coefficient (Wildman–Crippen LogP) is 3.02. The maximum absolute atomic E-state index is 15.2. The van der Waals surface area contributed by atoms with Gasteiger partial charge in [0.05, 0.1) is 42.9 Å². The number of pyridine rings is 1. The average Bonchev–Trinajstić information content (AvgIpc) is 3.65. The molecule has 5 rings (SSSR count). The molecule has 0 bridgehead atoms. The summed E-state index contributed by atoms with van der Waals surface area (Å²) in [5, 5.41) is 7.63. The van der Waals surface area contributed by atoms with Crippen LogP contribution in [0.2, 0.25) is 0 Å². The second kappa shape index (κ2) is 11.6. The van der Waals surface area contributed by atoms with Gasteiger partial charge in [-0.05, 0) is 58.2 Å². The number of nitrogens with zero attached hydrogens (tertiary/aromatic N) is 6. The first-order chi connectivity index (χ1) is 19.5. The molecule has 1 N–H and O–H groups in total. The number of cyclic esters (lactones) is 1. The van der Waals surface area contributed by atoms with Gasteiger partial charge in [-0.15, -0.1) is 5.10 Å². The lowest BCUT2D eigenvalue weighted by Crippen LogP contribution is -2.36. The number of carbonyl (C=O) groups excluding carboxylic acids is 2. The highest BCUT2D eigenvalue weighted by Crippen LogP contribution is 2.30. The van der Waals surface area contributed by atoms with E-state index in [1.165, 1.54) is 11.0 Å². The summed E-state index contributed by atoms with van der Waals surface area (Å²) in [5.41, 5.74) is 4.98. The highest BCUT2D eigenvalue weighted by molar-refractivity contribution is 5.90. The smallest absolute Gasteiger partial charge is 0.414 e. The van der Waals surface area contributed by atoms with Crippen LogP contribution in [0.15, 0.2) is 55.0 Å². The van der Waals surface area contributed by atoms with Crippen LogP contribution in [0.5, 0.6) is 0 Å². The molecule has 0 radical (unpaired) electrons. The molecule has 1 fully saturated rings. The Labute approximate surface area is 236 Å². The molecule has 4 heterocycles. The van der Waals surface area contributed by atoms with Gasteiger partial charge in [-0.2, -0.15) is 0 Å². The van der Waals surface area contributed by atoms with E-state index >= 15 is 4.39 Å². The number of esters is 1. The van der Waals surface area contributed by atoms with E-state index in [1.807, 2.05) is 38.8 Å². The molecule has 0 unspecified atom stereocenters. The van der Waals surface area contributed by atoms with Gasteiger partial charge >= 0.3 is 12.1 Å². The van der Waals surface area contributed by atoms with Gasteiger partial charge in [0.2, 0.25) is 0 Å².